The molecule has 0 aliphatic carbocycles. The van der Waals surface area contributed by atoms with E-state index in [1.165, 1.54) is 0 Å². The van der Waals surface area contributed by atoms with Crippen molar-refractivity contribution in [2.24, 2.45) is 0 Å². The van der Waals surface area contributed by atoms with E-state index >= 15 is 0 Å². The van der Waals surface area contributed by atoms with Crippen LogP contribution in [0.25, 0.3) is 0 Å². The van der Waals surface area contributed by atoms with Gasteiger partial charge in [0.05, 0.1) is 24.9 Å². The van der Waals surface area contributed by atoms with Crippen LogP contribution < -0.4 is 5.32 Å². The lowest BCUT2D eigenvalue weighted by Gasteiger charge is -2.24. The lowest BCUT2D eigenvalue weighted by molar-refractivity contribution is -0.134. The van der Waals surface area contributed by atoms with Crippen LogP contribution in [0.3, 0.4) is 0 Å². The van der Waals surface area contributed by atoms with Gasteiger partial charge in [-0.05, 0) is 26.1 Å². The summed E-state index contributed by atoms with van der Waals surface area (Å²) < 4.78 is 5.60. The van der Waals surface area contributed by atoms with Gasteiger partial charge in [-0.3, -0.25) is 9.78 Å². The van der Waals surface area contributed by atoms with Crippen molar-refractivity contribution >= 4 is 5.91 Å². The number of hydrogen-bond acceptors (Lipinski definition) is 4. The first-order valence-corrected chi connectivity index (χ1v) is 6.20. The highest BCUT2D eigenvalue weighted by Crippen LogP contribution is 2.11. The van der Waals surface area contributed by atoms with E-state index in [0.29, 0.717) is 19.7 Å². The topological polar surface area (TPSA) is 54.5 Å². The maximum atomic E-state index is 12.3. The number of pyridine rings is 1. The smallest absolute Gasteiger partial charge is 0.242 e. The van der Waals surface area contributed by atoms with Crippen LogP contribution in [0.2, 0.25) is 0 Å². The molecule has 2 atom stereocenters. The maximum absolute atomic E-state index is 12.3. The molecule has 18 heavy (non-hydrogen) atoms. The van der Waals surface area contributed by atoms with Crippen molar-refractivity contribution in [3.05, 3.63) is 30.1 Å². The Morgan fingerprint density at radius 3 is 3.06 bits per heavy atom. The molecule has 5 nitrogen and oxygen atoms in total. The number of carbonyl (C=O) groups is 1. The molecule has 1 fully saturated rings. The Bertz CT molecular complexity index is 396. The third kappa shape index (κ3) is 2.86. The average Bonchev–Trinajstić information content (AvgIpc) is 2.51. The van der Waals surface area contributed by atoms with Crippen molar-refractivity contribution in [1.82, 2.24) is 15.2 Å². The minimum Gasteiger partial charge on any atom is -0.374 e. The van der Waals surface area contributed by atoms with Crippen LogP contribution in [-0.4, -0.2) is 48.1 Å². The Hall–Kier alpha value is -1.46. The molecule has 1 aromatic rings. The first-order valence-electron chi connectivity index (χ1n) is 6.20. The summed E-state index contributed by atoms with van der Waals surface area (Å²) in [5.74, 6) is 0.0770. The summed E-state index contributed by atoms with van der Waals surface area (Å²) in [4.78, 5) is 18.4. The summed E-state index contributed by atoms with van der Waals surface area (Å²) in [6.45, 7) is 3.63. The molecule has 98 valence electrons. The summed E-state index contributed by atoms with van der Waals surface area (Å²) in [7, 11) is 1.78. The molecule has 0 saturated carbocycles. The standard InChI is InChI=1S/C13H19N3O2/c1-10-12(14-2)13(17)16(7-8-18-10)9-11-5-3-4-6-15-11/h3-6,10,12,14H,7-9H2,1-2H3. The van der Waals surface area contributed by atoms with Gasteiger partial charge in [0, 0.05) is 12.7 Å². The molecule has 2 heterocycles. The Morgan fingerprint density at radius 1 is 1.56 bits per heavy atom. The van der Waals surface area contributed by atoms with E-state index in [2.05, 4.69) is 10.3 Å². The van der Waals surface area contributed by atoms with Crippen LogP contribution in [0.5, 0.6) is 0 Å². The van der Waals surface area contributed by atoms with E-state index in [1.54, 1.807) is 18.1 Å². The van der Waals surface area contributed by atoms with Gasteiger partial charge in [-0.25, -0.2) is 0 Å². The third-order valence-electron chi connectivity index (χ3n) is 3.18. The first kappa shape index (κ1) is 13.0. The second-order valence-corrected chi connectivity index (χ2v) is 4.42. The van der Waals surface area contributed by atoms with Gasteiger partial charge >= 0.3 is 0 Å². The van der Waals surface area contributed by atoms with Crippen molar-refractivity contribution in [3.63, 3.8) is 0 Å². The molecule has 1 aliphatic heterocycles. The minimum absolute atomic E-state index is 0.0770. The molecule has 5 heteroatoms. The summed E-state index contributed by atoms with van der Waals surface area (Å²) >= 11 is 0. The molecule has 0 spiro atoms. The fourth-order valence-electron chi connectivity index (χ4n) is 2.16. The number of amides is 1. The zero-order chi connectivity index (χ0) is 13.0. The summed E-state index contributed by atoms with van der Waals surface area (Å²) in [5.41, 5.74) is 0.898. The van der Waals surface area contributed by atoms with Crippen molar-refractivity contribution in [2.45, 2.75) is 25.6 Å². The molecule has 1 N–H and O–H groups in total. The molecular formula is C13H19N3O2. The molecule has 2 unspecified atom stereocenters. The number of nitrogens with one attached hydrogen (secondary N) is 1. The van der Waals surface area contributed by atoms with Gasteiger partial charge in [-0.2, -0.15) is 0 Å². The maximum Gasteiger partial charge on any atom is 0.242 e. The number of hydrogen-bond donors (Lipinski definition) is 1. The van der Waals surface area contributed by atoms with E-state index in [9.17, 15) is 4.79 Å². The van der Waals surface area contributed by atoms with Crippen LogP contribution in [0.4, 0.5) is 0 Å². The van der Waals surface area contributed by atoms with Gasteiger partial charge in [0.1, 0.15) is 6.04 Å². The number of nitrogens with zero attached hydrogens (tertiary/aromatic N) is 2. The van der Waals surface area contributed by atoms with Gasteiger partial charge in [0.2, 0.25) is 5.91 Å². The van der Waals surface area contributed by atoms with E-state index in [4.69, 9.17) is 4.74 Å². The highest BCUT2D eigenvalue weighted by molar-refractivity contribution is 5.82. The lowest BCUT2D eigenvalue weighted by atomic mass is 10.1. The van der Waals surface area contributed by atoms with Crippen molar-refractivity contribution < 1.29 is 9.53 Å². The average molecular weight is 249 g/mol. The largest absolute Gasteiger partial charge is 0.374 e. The molecule has 1 aromatic heterocycles. The molecular weight excluding hydrogens is 230 g/mol. The predicted molar refractivity (Wildman–Crippen MR) is 67.9 cm³/mol. The van der Waals surface area contributed by atoms with E-state index < -0.39 is 0 Å². The zero-order valence-corrected chi connectivity index (χ0v) is 10.8. The Morgan fingerprint density at radius 2 is 2.39 bits per heavy atom. The summed E-state index contributed by atoms with van der Waals surface area (Å²) in [6, 6.07) is 5.45. The van der Waals surface area contributed by atoms with Gasteiger partial charge < -0.3 is 15.0 Å². The molecule has 0 bridgehead atoms. The van der Waals surface area contributed by atoms with Crippen LogP contribution in [-0.2, 0) is 16.1 Å². The molecule has 2 rings (SSSR count). The molecule has 1 aliphatic rings. The SMILES string of the molecule is CNC1C(=O)N(Cc2ccccn2)CCOC1C. The van der Waals surface area contributed by atoms with Gasteiger partial charge in [-0.15, -0.1) is 0 Å². The second-order valence-electron chi connectivity index (χ2n) is 4.42. The predicted octanol–water partition coefficient (Wildman–Crippen LogP) is 0.417. The summed E-state index contributed by atoms with van der Waals surface area (Å²) in [5, 5.41) is 3.02. The fourth-order valence-corrected chi connectivity index (χ4v) is 2.16. The van der Waals surface area contributed by atoms with Gasteiger partial charge in [0.15, 0.2) is 0 Å². The normalized spacial score (nSPS) is 25.0. The Kier molecular flexibility index (Phi) is 4.28. The first-order chi connectivity index (χ1) is 8.72. The highest BCUT2D eigenvalue weighted by Gasteiger charge is 2.31. The monoisotopic (exact) mass is 249 g/mol. The van der Waals surface area contributed by atoms with Crippen molar-refractivity contribution in [1.29, 1.82) is 0 Å². The van der Waals surface area contributed by atoms with Crippen LogP contribution in [0.1, 0.15) is 12.6 Å². The fraction of sp³-hybridized carbons (Fsp3) is 0.538. The van der Waals surface area contributed by atoms with Gasteiger partial charge in [0.25, 0.3) is 0 Å². The minimum atomic E-state index is -0.281. The quantitative estimate of drug-likeness (QED) is 0.843. The van der Waals surface area contributed by atoms with Crippen LogP contribution >= 0.6 is 0 Å². The second kappa shape index (κ2) is 5.93. The zero-order valence-electron chi connectivity index (χ0n) is 10.8. The Labute approximate surface area is 107 Å². The lowest BCUT2D eigenvalue weighted by Crippen LogP contribution is -2.48. The number of ether oxygens (including phenoxy) is 1. The van der Waals surface area contributed by atoms with E-state index in [1.807, 2.05) is 25.1 Å². The van der Waals surface area contributed by atoms with E-state index in [-0.39, 0.29) is 18.1 Å². The molecule has 1 saturated heterocycles. The van der Waals surface area contributed by atoms with Crippen molar-refractivity contribution in [3.8, 4) is 0 Å². The highest BCUT2D eigenvalue weighted by atomic mass is 16.5. The van der Waals surface area contributed by atoms with Crippen LogP contribution in [0, 0.1) is 0 Å². The van der Waals surface area contributed by atoms with Crippen LogP contribution in [0.15, 0.2) is 24.4 Å². The molecule has 0 aromatic carbocycles. The summed E-state index contributed by atoms with van der Waals surface area (Å²) in [6.07, 6.45) is 1.64. The van der Waals surface area contributed by atoms with Crippen molar-refractivity contribution in [2.75, 3.05) is 20.2 Å². The number of aromatic nitrogens is 1. The third-order valence-corrected chi connectivity index (χ3v) is 3.18. The Balaban J connectivity index is 2.10. The molecule has 1 amide bonds. The van der Waals surface area contributed by atoms with Gasteiger partial charge in [-0.1, -0.05) is 6.07 Å². The number of likely N-dealkylation sites (N-methyl/N-ethyl adjacent to an activating group) is 1. The number of rotatable bonds is 3. The number of carbonyl (C=O) groups excluding carboxylic acids is 1. The molecule has 0 radical (unpaired) electrons. The van der Waals surface area contributed by atoms with E-state index in [0.717, 1.165) is 5.69 Å².